The first-order valence-electron chi connectivity index (χ1n) is 4.64. The molecular weight excluding hydrogens is 228 g/mol. The molecule has 2 rings (SSSR count). The number of carbonyl (C=O) groups excluding carboxylic acids is 1. The van der Waals surface area contributed by atoms with Gasteiger partial charge in [0.1, 0.15) is 17.5 Å². The minimum atomic E-state index is -0.196. The molecule has 0 atom stereocenters. The zero-order chi connectivity index (χ0) is 11.4. The van der Waals surface area contributed by atoms with Crippen molar-refractivity contribution in [2.75, 3.05) is 5.32 Å². The smallest absolute Gasteiger partial charge is 0.247 e. The van der Waals surface area contributed by atoms with Gasteiger partial charge in [-0.25, -0.2) is 4.98 Å². The molecule has 0 spiro atoms. The van der Waals surface area contributed by atoms with E-state index in [9.17, 15) is 4.79 Å². The Balaban J connectivity index is 1.97. The van der Waals surface area contributed by atoms with Gasteiger partial charge >= 0.3 is 0 Å². The number of nitrogens with one attached hydrogen (secondary N) is 1. The fourth-order valence-electron chi connectivity index (χ4n) is 1.20. The quantitative estimate of drug-likeness (QED) is 0.823. The molecule has 82 valence electrons. The normalized spacial score (nSPS) is 10.1. The summed E-state index contributed by atoms with van der Waals surface area (Å²) in [5.41, 5.74) is 0. The molecule has 0 aliphatic heterocycles. The first-order valence-corrected chi connectivity index (χ1v) is 5.02. The Kier molecular flexibility index (Phi) is 3.16. The van der Waals surface area contributed by atoms with Crippen LogP contribution in [0.3, 0.4) is 0 Å². The third kappa shape index (κ3) is 2.80. The maximum absolute atomic E-state index is 11.5. The molecule has 0 saturated heterocycles. The second-order valence-electron chi connectivity index (χ2n) is 3.10. The number of aromatic nitrogens is 3. The summed E-state index contributed by atoms with van der Waals surface area (Å²) in [5, 5.41) is 6.89. The minimum Gasteiger partial charge on any atom is -0.309 e. The fourth-order valence-corrected chi connectivity index (χ4v) is 1.37. The van der Waals surface area contributed by atoms with E-state index in [1.54, 1.807) is 36.7 Å². The molecule has 1 amide bonds. The Morgan fingerprint density at radius 2 is 2.31 bits per heavy atom. The summed E-state index contributed by atoms with van der Waals surface area (Å²) in [6, 6.07) is 6.79. The van der Waals surface area contributed by atoms with Gasteiger partial charge in [-0.1, -0.05) is 17.7 Å². The average molecular weight is 237 g/mol. The molecule has 0 aliphatic rings. The standard InChI is InChI=1S/C10H9ClN4O/c11-8-3-1-4-9(13-8)14-10(16)7-15-6-2-5-12-15/h1-6H,7H2,(H,13,14,16). The van der Waals surface area contributed by atoms with Crippen LogP contribution in [0.5, 0.6) is 0 Å². The zero-order valence-corrected chi connectivity index (χ0v) is 9.05. The van der Waals surface area contributed by atoms with Crippen molar-refractivity contribution >= 4 is 23.3 Å². The van der Waals surface area contributed by atoms with Crippen LogP contribution in [0.1, 0.15) is 0 Å². The van der Waals surface area contributed by atoms with Crippen LogP contribution in [0.4, 0.5) is 5.82 Å². The molecule has 0 saturated carbocycles. The number of amides is 1. The van der Waals surface area contributed by atoms with Gasteiger partial charge in [0.25, 0.3) is 0 Å². The van der Waals surface area contributed by atoms with Crippen molar-refractivity contribution in [2.45, 2.75) is 6.54 Å². The Morgan fingerprint density at radius 1 is 1.44 bits per heavy atom. The number of hydrogen-bond acceptors (Lipinski definition) is 3. The van der Waals surface area contributed by atoms with Crippen molar-refractivity contribution in [1.29, 1.82) is 0 Å². The van der Waals surface area contributed by atoms with Crippen LogP contribution in [0, 0.1) is 0 Å². The summed E-state index contributed by atoms with van der Waals surface area (Å²) in [6.45, 7) is 0.154. The number of anilines is 1. The second kappa shape index (κ2) is 4.76. The summed E-state index contributed by atoms with van der Waals surface area (Å²) in [7, 11) is 0. The Hall–Kier alpha value is -1.88. The van der Waals surface area contributed by atoms with Gasteiger partial charge in [0.15, 0.2) is 0 Å². The van der Waals surface area contributed by atoms with Gasteiger partial charge in [-0.15, -0.1) is 0 Å². The number of pyridine rings is 1. The molecule has 0 aliphatic carbocycles. The molecule has 0 unspecified atom stereocenters. The van der Waals surface area contributed by atoms with Crippen LogP contribution < -0.4 is 5.32 Å². The highest BCUT2D eigenvalue weighted by Crippen LogP contribution is 2.08. The van der Waals surface area contributed by atoms with Crippen LogP contribution in [0.25, 0.3) is 0 Å². The van der Waals surface area contributed by atoms with Gasteiger partial charge in [-0.3, -0.25) is 9.48 Å². The first kappa shape index (κ1) is 10.6. The van der Waals surface area contributed by atoms with Crippen LogP contribution >= 0.6 is 11.6 Å². The van der Waals surface area contributed by atoms with E-state index in [0.29, 0.717) is 11.0 Å². The van der Waals surface area contributed by atoms with Crippen molar-refractivity contribution in [2.24, 2.45) is 0 Å². The lowest BCUT2D eigenvalue weighted by Gasteiger charge is -2.04. The summed E-state index contributed by atoms with van der Waals surface area (Å²) in [6.07, 6.45) is 3.33. The van der Waals surface area contributed by atoms with Gasteiger partial charge in [0.05, 0.1) is 0 Å². The van der Waals surface area contributed by atoms with Gasteiger partial charge < -0.3 is 5.32 Å². The second-order valence-corrected chi connectivity index (χ2v) is 3.48. The largest absolute Gasteiger partial charge is 0.309 e. The van der Waals surface area contributed by atoms with Crippen LogP contribution in [-0.2, 0) is 11.3 Å². The lowest BCUT2D eigenvalue weighted by molar-refractivity contribution is -0.116. The number of rotatable bonds is 3. The van der Waals surface area contributed by atoms with E-state index < -0.39 is 0 Å². The molecule has 0 aromatic carbocycles. The monoisotopic (exact) mass is 236 g/mol. The van der Waals surface area contributed by atoms with E-state index >= 15 is 0 Å². The number of hydrogen-bond donors (Lipinski definition) is 1. The highest BCUT2D eigenvalue weighted by atomic mass is 35.5. The molecule has 16 heavy (non-hydrogen) atoms. The maximum atomic E-state index is 11.5. The highest BCUT2D eigenvalue weighted by molar-refractivity contribution is 6.29. The van der Waals surface area contributed by atoms with E-state index in [0.717, 1.165) is 0 Å². The van der Waals surface area contributed by atoms with Gasteiger partial charge in [0.2, 0.25) is 5.91 Å². The molecule has 0 radical (unpaired) electrons. The van der Waals surface area contributed by atoms with Crippen LogP contribution in [0.2, 0.25) is 5.15 Å². The number of nitrogens with zero attached hydrogens (tertiary/aromatic N) is 3. The summed E-state index contributed by atoms with van der Waals surface area (Å²) < 4.78 is 1.53. The zero-order valence-electron chi connectivity index (χ0n) is 8.30. The first-order chi connectivity index (χ1) is 7.74. The molecule has 6 heteroatoms. The molecular formula is C10H9ClN4O. The molecule has 2 aromatic heterocycles. The van der Waals surface area contributed by atoms with Gasteiger partial charge in [-0.05, 0) is 18.2 Å². The van der Waals surface area contributed by atoms with Gasteiger partial charge in [0, 0.05) is 12.4 Å². The lowest BCUT2D eigenvalue weighted by atomic mass is 10.4. The summed E-state index contributed by atoms with van der Waals surface area (Å²) >= 11 is 5.69. The molecule has 0 fully saturated rings. The number of halogens is 1. The Labute approximate surface area is 97.1 Å². The minimum absolute atomic E-state index is 0.154. The maximum Gasteiger partial charge on any atom is 0.247 e. The molecule has 5 nitrogen and oxygen atoms in total. The SMILES string of the molecule is O=C(Cn1cccn1)Nc1cccc(Cl)n1. The fraction of sp³-hybridized carbons (Fsp3) is 0.100. The van der Waals surface area contributed by atoms with Crippen LogP contribution in [0.15, 0.2) is 36.7 Å². The predicted octanol–water partition coefficient (Wildman–Crippen LogP) is 1.57. The topological polar surface area (TPSA) is 59.8 Å². The van der Waals surface area contributed by atoms with Crippen molar-refractivity contribution < 1.29 is 4.79 Å². The predicted molar refractivity (Wildman–Crippen MR) is 60.1 cm³/mol. The van der Waals surface area contributed by atoms with E-state index in [1.165, 1.54) is 4.68 Å². The summed E-state index contributed by atoms with van der Waals surface area (Å²) in [5.74, 6) is 0.239. The average Bonchev–Trinajstić information content (AvgIpc) is 2.70. The highest BCUT2D eigenvalue weighted by Gasteiger charge is 2.04. The van der Waals surface area contributed by atoms with Crippen molar-refractivity contribution in [1.82, 2.24) is 14.8 Å². The third-order valence-corrected chi connectivity index (χ3v) is 2.06. The van der Waals surface area contributed by atoms with Gasteiger partial charge in [-0.2, -0.15) is 5.10 Å². The Morgan fingerprint density at radius 3 is 3.00 bits per heavy atom. The lowest BCUT2D eigenvalue weighted by Crippen LogP contribution is -2.19. The number of carbonyl (C=O) groups is 1. The third-order valence-electron chi connectivity index (χ3n) is 1.85. The van der Waals surface area contributed by atoms with Crippen molar-refractivity contribution in [3.63, 3.8) is 0 Å². The van der Waals surface area contributed by atoms with E-state index in [4.69, 9.17) is 11.6 Å². The van der Waals surface area contributed by atoms with E-state index in [2.05, 4.69) is 15.4 Å². The van der Waals surface area contributed by atoms with E-state index in [-0.39, 0.29) is 12.5 Å². The van der Waals surface area contributed by atoms with Crippen molar-refractivity contribution in [3.8, 4) is 0 Å². The molecule has 0 bridgehead atoms. The van der Waals surface area contributed by atoms with Crippen molar-refractivity contribution in [3.05, 3.63) is 41.8 Å². The molecule has 1 N–H and O–H groups in total. The summed E-state index contributed by atoms with van der Waals surface area (Å²) in [4.78, 5) is 15.5. The van der Waals surface area contributed by atoms with Crippen LogP contribution in [-0.4, -0.2) is 20.7 Å². The molecule has 2 heterocycles. The molecule has 2 aromatic rings. The van der Waals surface area contributed by atoms with E-state index in [1.807, 2.05) is 0 Å². The Bertz CT molecular complexity index is 483.